The van der Waals surface area contributed by atoms with E-state index >= 15 is 0 Å². The van der Waals surface area contributed by atoms with Gasteiger partial charge in [0.1, 0.15) is 0 Å². The van der Waals surface area contributed by atoms with Gasteiger partial charge in [-0.2, -0.15) is 13.2 Å². The van der Waals surface area contributed by atoms with Crippen LogP contribution in [0.3, 0.4) is 0 Å². The number of rotatable bonds is 8. The molecule has 2 aromatic carbocycles. The fourth-order valence-electron chi connectivity index (χ4n) is 5.95. The Balaban J connectivity index is 1.55. The molecule has 3 nitrogen and oxygen atoms in total. The molecule has 4 rings (SSSR count). The summed E-state index contributed by atoms with van der Waals surface area (Å²) in [6, 6.07) is 17.3. The molecular weight excluding hydrogens is 437 g/mol. The van der Waals surface area contributed by atoms with E-state index in [1.165, 1.54) is 28.0 Å². The molecule has 0 saturated heterocycles. The fourth-order valence-corrected chi connectivity index (χ4v) is 5.95. The standard InChI is InChI=1S/C28H33F3N2O/c1-20-14-15-24-23(19-20)27(16-8-17-32-26(34)28(29,30)31)21(2)9-6-13-25(27)33(24)18-7-12-22-10-4-3-5-11-22/h3-5,10-11,14-15,19,25H,2,6-9,12-13,16-18H2,1H3,(H,32,34)/t25-,27-/m0/s1. The van der Waals surface area contributed by atoms with E-state index in [4.69, 9.17) is 0 Å². The summed E-state index contributed by atoms with van der Waals surface area (Å²) in [6.07, 6.45) is 1.37. The Hall–Kier alpha value is -2.76. The number of benzene rings is 2. The van der Waals surface area contributed by atoms with Gasteiger partial charge in [0.25, 0.3) is 0 Å². The number of aryl methyl sites for hydroxylation is 2. The predicted molar refractivity (Wildman–Crippen MR) is 130 cm³/mol. The number of amides is 1. The number of anilines is 1. The lowest BCUT2D eigenvalue weighted by atomic mass is 9.62. The fraction of sp³-hybridized carbons (Fsp3) is 0.464. The average Bonchev–Trinajstić information content (AvgIpc) is 3.07. The molecule has 0 radical (unpaired) electrons. The van der Waals surface area contributed by atoms with Gasteiger partial charge in [-0.1, -0.05) is 60.2 Å². The van der Waals surface area contributed by atoms with E-state index in [1.54, 1.807) is 0 Å². The van der Waals surface area contributed by atoms with Gasteiger partial charge >= 0.3 is 12.1 Å². The lowest BCUT2D eigenvalue weighted by Crippen LogP contribution is -2.49. The third-order valence-electron chi connectivity index (χ3n) is 7.47. The van der Waals surface area contributed by atoms with E-state index in [9.17, 15) is 18.0 Å². The van der Waals surface area contributed by atoms with Crippen molar-refractivity contribution in [1.82, 2.24) is 5.32 Å². The summed E-state index contributed by atoms with van der Waals surface area (Å²) < 4.78 is 37.8. The second kappa shape index (κ2) is 9.85. The Morgan fingerprint density at radius 3 is 2.68 bits per heavy atom. The van der Waals surface area contributed by atoms with Gasteiger partial charge in [0.05, 0.1) is 0 Å². The van der Waals surface area contributed by atoms with Crippen LogP contribution < -0.4 is 10.2 Å². The Morgan fingerprint density at radius 2 is 1.94 bits per heavy atom. The number of alkyl halides is 3. The molecule has 182 valence electrons. The lowest BCUT2D eigenvalue weighted by Gasteiger charge is -2.45. The van der Waals surface area contributed by atoms with Crippen molar-refractivity contribution in [3.8, 4) is 0 Å². The quantitative estimate of drug-likeness (QED) is 0.365. The highest BCUT2D eigenvalue weighted by Gasteiger charge is 2.53. The van der Waals surface area contributed by atoms with Crippen LogP contribution in [-0.4, -0.2) is 31.2 Å². The van der Waals surface area contributed by atoms with E-state index in [1.807, 2.05) is 11.4 Å². The number of fused-ring (bicyclic) bond motifs is 3. The zero-order valence-electron chi connectivity index (χ0n) is 19.8. The number of carbonyl (C=O) groups excluding carboxylic acids is 1. The molecule has 1 amide bonds. The molecular formula is C28H33F3N2O. The minimum Gasteiger partial charge on any atom is -0.367 e. The third kappa shape index (κ3) is 4.73. The monoisotopic (exact) mass is 470 g/mol. The largest absolute Gasteiger partial charge is 0.471 e. The van der Waals surface area contributed by atoms with Crippen LogP contribution in [0.15, 0.2) is 60.7 Å². The first-order chi connectivity index (χ1) is 16.2. The van der Waals surface area contributed by atoms with E-state index < -0.39 is 12.1 Å². The van der Waals surface area contributed by atoms with Gasteiger partial charge < -0.3 is 10.2 Å². The van der Waals surface area contributed by atoms with Crippen molar-refractivity contribution in [2.24, 2.45) is 0 Å². The number of hydrogen-bond donors (Lipinski definition) is 1. The van der Waals surface area contributed by atoms with E-state index in [0.717, 1.165) is 38.6 Å². The highest BCUT2D eigenvalue weighted by Crippen LogP contribution is 2.56. The molecule has 1 aliphatic heterocycles. The first kappa shape index (κ1) is 24.4. The average molecular weight is 471 g/mol. The molecule has 0 bridgehead atoms. The Kier molecular flexibility index (Phi) is 7.06. The van der Waals surface area contributed by atoms with Crippen molar-refractivity contribution < 1.29 is 18.0 Å². The van der Waals surface area contributed by atoms with Gasteiger partial charge in [0.2, 0.25) is 0 Å². The van der Waals surface area contributed by atoms with Crippen molar-refractivity contribution in [3.05, 3.63) is 77.4 Å². The highest BCUT2D eigenvalue weighted by atomic mass is 19.4. The van der Waals surface area contributed by atoms with Crippen LogP contribution in [0, 0.1) is 6.92 Å². The Morgan fingerprint density at radius 1 is 1.18 bits per heavy atom. The van der Waals surface area contributed by atoms with Gasteiger partial charge in [-0.3, -0.25) is 4.79 Å². The van der Waals surface area contributed by atoms with Crippen molar-refractivity contribution in [1.29, 1.82) is 0 Å². The van der Waals surface area contributed by atoms with Gasteiger partial charge in [-0.05, 0) is 69.1 Å². The van der Waals surface area contributed by atoms with Gasteiger partial charge in [0, 0.05) is 30.2 Å². The minimum atomic E-state index is -4.85. The molecule has 2 aromatic rings. The van der Waals surface area contributed by atoms with Crippen LogP contribution in [0.1, 0.15) is 55.2 Å². The van der Waals surface area contributed by atoms with Crippen LogP contribution in [0.5, 0.6) is 0 Å². The molecule has 1 aliphatic carbocycles. The molecule has 6 heteroatoms. The van der Waals surface area contributed by atoms with Crippen LogP contribution >= 0.6 is 0 Å². The second-order valence-corrected chi connectivity index (χ2v) is 9.64. The normalized spacial score (nSPS) is 21.8. The minimum absolute atomic E-state index is 0.00918. The maximum Gasteiger partial charge on any atom is 0.471 e. The molecule has 0 unspecified atom stereocenters. The van der Waals surface area contributed by atoms with Crippen molar-refractivity contribution >= 4 is 11.6 Å². The first-order valence-corrected chi connectivity index (χ1v) is 12.2. The maximum absolute atomic E-state index is 12.6. The Bertz CT molecular complexity index is 1030. The van der Waals surface area contributed by atoms with Gasteiger partial charge in [0.15, 0.2) is 0 Å². The van der Waals surface area contributed by atoms with Gasteiger partial charge in [-0.25, -0.2) is 0 Å². The van der Waals surface area contributed by atoms with Crippen molar-refractivity contribution in [2.75, 3.05) is 18.0 Å². The SMILES string of the molecule is C=C1CCC[C@@H]2N(CCCc3ccccc3)c3ccc(C)cc3[C@]12CCCNC(=O)C(F)(F)F. The molecule has 1 N–H and O–H groups in total. The predicted octanol–water partition coefficient (Wildman–Crippen LogP) is 6.25. The summed E-state index contributed by atoms with van der Waals surface area (Å²) >= 11 is 0. The molecule has 1 heterocycles. The summed E-state index contributed by atoms with van der Waals surface area (Å²) in [7, 11) is 0. The zero-order chi connectivity index (χ0) is 24.3. The number of halogens is 3. The van der Waals surface area contributed by atoms with Crippen molar-refractivity contribution in [2.45, 2.75) is 69.5 Å². The van der Waals surface area contributed by atoms with Crippen LogP contribution in [0.25, 0.3) is 0 Å². The number of nitrogens with one attached hydrogen (secondary N) is 1. The van der Waals surface area contributed by atoms with E-state index in [-0.39, 0.29) is 18.0 Å². The summed E-state index contributed by atoms with van der Waals surface area (Å²) in [5.74, 6) is -1.87. The van der Waals surface area contributed by atoms with Crippen LogP contribution in [-0.2, 0) is 16.6 Å². The van der Waals surface area contributed by atoms with E-state index in [2.05, 4.69) is 60.9 Å². The summed E-state index contributed by atoms with van der Waals surface area (Å²) in [5, 5.41) is 2.05. The number of nitrogens with zero attached hydrogens (tertiary/aromatic N) is 1. The summed E-state index contributed by atoms with van der Waals surface area (Å²) in [5.41, 5.74) is 5.87. The smallest absolute Gasteiger partial charge is 0.367 e. The zero-order valence-corrected chi connectivity index (χ0v) is 19.8. The molecule has 2 aliphatic rings. The second-order valence-electron chi connectivity index (χ2n) is 9.64. The maximum atomic E-state index is 12.6. The first-order valence-electron chi connectivity index (χ1n) is 12.2. The van der Waals surface area contributed by atoms with E-state index in [0.29, 0.717) is 12.8 Å². The van der Waals surface area contributed by atoms with Crippen molar-refractivity contribution in [3.63, 3.8) is 0 Å². The summed E-state index contributed by atoms with van der Waals surface area (Å²) in [6.45, 7) is 7.49. The molecule has 0 spiro atoms. The highest BCUT2D eigenvalue weighted by molar-refractivity contribution is 5.81. The van der Waals surface area contributed by atoms with Gasteiger partial charge in [-0.15, -0.1) is 0 Å². The van der Waals surface area contributed by atoms with Crippen LogP contribution in [0.4, 0.5) is 18.9 Å². The summed E-state index contributed by atoms with van der Waals surface area (Å²) in [4.78, 5) is 13.8. The molecule has 0 aromatic heterocycles. The lowest BCUT2D eigenvalue weighted by molar-refractivity contribution is -0.173. The topological polar surface area (TPSA) is 32.3 Å². The molecule has 2 atom stereocenters. The van der Waals surface area contributed by atoms with Crippen LogP contribution in [0.2, 0.25) is 0 Å². The molecule has 34 heavy (non-hydrogen) atoms. The number of carbonyl (C=O) groups is 1. The molecule has 1 fully saturated rings. The molecule has 1 saturated carbocycles. The Labute approximate surface area is 200 Å². The third-order valence-corrected chi connectivity index (χ3v) is 7.47. The number of hydrogen-bond acceptors (Lipinski definition) is 2.